The number of hydrogen-bond acceptors (Lipinski definition) is 8. The first kappa shape index (κ1) is 23.2. The van der Waals surface area contributed by atoms with Crippen LogP contribution in [0.25, 0.3) is 0 Å². The Labute approximate surface area is 159 Å². The van der Waals surface area contributed by atoms with Gasteiger partial charge < -0.3 is 30.0 Å². The molecule has 0 radical (unpaired) electrons. The van der Waals surface area contributed by atoms with Crippen LogP contribution in [0.15, 0.2) is 12.2 Å². The Morgan fingerprint density at radius 3 is 2.04 bits per heavy atom. The summed E-state index contributed by atoms with van der Waals surface area (Å²) in [6.07, 6.45) is 3.00. The van der Waals surface area contributed by atoms with Crippen molar-refractivity contribution in [3.63, 3.8) is 0 Å². The van der Waals surface area contributed by atoms with Crippen molar-refractivity contribution in [1.82, 2.24) is 10.2 Å². The van der Waals surface area contributed by atoms with Gasteiger partial charge >= 0.3 is 0 Å². The maximum Gasteiger partial charge on any atom is 0.252 e. The molecule has 4 N–H and O–H groups in total. The number of rotatable bonds is 17. The van der Waals surface area contributed by atoms with E-state index < -0.39 is 0 Å². The highest BCUT2D eigenvalue weighted by molar-refractivity contribution is 6.14. The first-order valence-corrected chi connectivity index (χ1v) is 9.01. The normalized spacial score (nSPS) is 13.6. The second-order valence-electron chi connectivity index (χ2n) is 5.55. The molecule has 1 rings (SSSR count). The Balaban J connectivity index is 1.82. The first-order valence-electron chi connectivity index (χ1n) is 9.01. The number of hydrogen-bond donors (Lipinski definition) is 3. The van der Waals surface area contributed by atoms with Crippen LogP contribution in [-0.2, 0) is 28.5 Å². The molecule has 0 spiro atoms. The van der Waals surface area contributed by atoms with Crippen LogP contribution in [0.1, 0.15) is 6.42 Å². The fourth-order valence-corrected chi connectivity index (χ4v) is 2.09. The summed E-state index contributed by atoms with van der Waals surface area (Å²) in [7, 11) is 0. The summed E-state index contributed by atoms with van der Waals surface area (Å²) in [6.45, 7) is 4.75. The largest absolute Gasteiger partial charge is 0.379 e. The summed E-state index contributed by atoms with van der Waals surface area (Å²) in [4.78, 5) is 24.4. The smallest absolute Gasteiger partial charge is 0.252 e. The molecule has 0 aromatic carbocycles. The van der Waals surface area contributed by atoms with Gasteiger partial charge in [0.25, 0.3) is 5.91 Å². The predicted molar refractivity (Wildman–Crippen MR) is 98.5 cm³/mol. The van der Waals surface area contributed by atoms with Gasteiger partial charge in [-0.25, -0.2) is 0 Å². The fraction of sp³-hybridized carbons (Fsp3) is 0.706. The SMILES string of the molecule is N=C1C=CC(=O)N1CCNC(=O)CCOCCOCCOCCOCCN. The van der Waals surface area contributed by atoms with Gasteiger partial charge in [0.05, 0.1) is 52.9 Å². The van der Waals surface area contributed by atoms with E-state index in [9.17, 15) is 9.59 Å². The van der Waals surface area contributed by atoms with Crippen LogP contribution in [-0.4, -0.2) is 95.0 Å². The van der Waals surface area contributed by atoms with Crippen molar-refractivity contribution in [2.45, 2.75) is 6.42 Å². The van der Waals surface area contributed by atoms with Crippen LogP contribution in [0.4, 0.5) is 0 Å². The third-order valence-corrected chi connectivity index (χ3v) is 3.45. The maximum absolute atomic E-state index is 11.7. The molecule has 0 bridgehead atoms. The minimum atomic E-state index is -0.233. The molecule has 10 nitrogen and oxygen atoms in total. The summed E-state index contributed by atoms with van der Waals surface area (Å²) in [5.41, 5.74) is 5.29. The van der Waals surface area contributed by atoms with Crippen molar-refractivity contribution in [1.29, 1.82) is 5.41 Å². The molecule has 2 amide bonds. The molecular formula is C17H30N4O6. The van der Waals surface area contributed by atoms with Gasteiger partial charge in [0.2, 0.25) is 5.91 Å². The average Bonchev–Trinajstić information content (AvgIpc) is 2.97. The lowest BCUT2D eigenvalue weighted by Gasteiger charge is -2.15. The molecule has 0 saturated heterocycles. The van der Waals surface area contributed by atoms with Crippen molar-refractivity contribution in [2.24, 2.45) is 5.73 Å². The predicted octanol–water partition coefficient (Wildman–Crippen LogP) is -1.11. The summed E-state index contributed by atoms with van der Waals surface area (Å²) in [6, 6.07) is 0. The van der Waals surface area contributed by atoms with Crippen molar-refractivity contribution in [2.75, 3.05) is 72.5 Å². The molecule has 0 saturated carbocycles. The van der Waals surface area contributed by atoms with Gasteiger partial charge in [0.15, 0.2) is 0 Å². The molecule has 0 aromatic rings. The van der Waals surface area contributed by atoms with Crippen LogP contribution >= 0.6 is 0 Å². The number of amidine groups is 1. The lowest BCUT2D eigenvalue weighted by Crippen LogP contribution is -2.38. The number of amides is 2. The van der Waals surface area contributed by atoms with Crippen LogP contribution in [0, 0.1) is 5.41 Å². The van der Waals surface area contributed by atoms with E-state index in [1.807, 2.05) is 0 Å². The maximum atomic E-state index is 11.7. The van der Waals surface area contributed by atoms with Gasteiger partial charge in [0, 0.05) is 32.1 Å². The minimum absolute atomic E-state index is 0.142. The van der Waals surface area contributed by atoms with Gasteiger partial charge in [-0.1, -0.05) is 0 Å². The summed E-state index contributed by atoms with van der Waals surface area (Å²) in [5.74, 6) is -0.252. The van der Waals surface area contributed by atoms with E-state index in [2.05, 4.69) is 5.32 Å². The number of ether oxygens (including phenoxy) is 4. The molecule has 0 fully saturated rings. The molecule has 1 aliphatic rings. The average molecular weight is 386 g/mol. The van der Waals surface area contributed by atoms with Gasteiger partial charge in [-0.3, -0.25) is 19.9 Å². The Hall–Kier alpha value is -1.85. The highest BCUT2D eigenvalue weighted by Gasteiger charge is 2.19. The summed E-state index contributed by atoms with van der Waals surface area (Å²) >= 11 is 0. The minimum Gasteiger partial charge on any atom is -0.379 e. The molecule has 1 heterocycles. The number of nitrogens with one attached hydrogen (secondary N) is 2. The number of carbonyl (C=O) groups is 2. The molecule has 0 aromatic heterocycles. The topological polar surface area (TPSA) is 136 Å². The fourth-order valence-electron chi connectivity index (χ4n) is 2.09. The van der Waals surface area contributed by atoms with Gasteiger partial charge in [-0.15, -0.1) is 0 Å². The Bertz CT molecular complexity index is 468. The molecule has 0 unspecified atom stereocenters. The molecule has 10 heteroatoms. The van der Waals surface area contributed by atoms with E-state index >= 15 is 0 Å². The van der Waals surface area contributed by atoms with E-state index in [0.717, 1.165) is 0 Å². The van der Waals surface area contributed by atoms with Gasteiger partial charge in [-0.2, -0.15) is 0 Å². The van der Waals surface area contributed by atoms with E-state index in [1.165, 1.54) is 17.1 Å². The van der Waals surface area contributed by atoms with E-state index in [4.69, 9.17) is 30.1 Å². The van der Waals surface area contributed by atoms with E-state index in [-0.39, 0.29) is 30.6 Å². The zero-order chi connectivity index (χ0) is 19.7. The Morgan fingerprint density at radius 2 is 1.52 bits per heavy atom. The molecule has 0 atom stereocenters. The lowest BCUT2D eigenvalue weighted by atomic mass is 10.4. The molecule has 154 valence electrons. The third-order valence-electron chi connectivity index (χ3n) is 3.45. The zero-order valence-electron chi connectivity index (χ0n) is 15.6. The zero-order valence-corrected chi connectivity index (χ0v) is 15.6. The van der Waals surface area contributed by atoms with E-state index in [0.29, 0.717) is 65.9 Å². The Kier molecular flexibility index (Phi) is 13.1. The van der Waals surface area contributed by atoms with Crippen LogP contribution < -0.4 is 11.1 Å². The van der Waals surface area contributed by atoms with Crippen LogP contribution in [0.5, 0.6) is 0 Å². The number of nitrogens with two attached hydrogens (primary N) is 1. The van der Waals surface area contributed by atoms with Gasteiger partial charge in [0.1, 0.15) is 5.84 Å². The molecular weight excluding hydrogens is 356 g/mol. The van der Waals surface area contributed by atoms with Crippen LogP contribution in [0.2, 0.25) is 0 Å². The second kappa shape index (κ2) is 15.2. The standard InChI is InChI=1S/C17H30N4O6/c18-4-8-25-10-12-27-14-13-26-11-9-24-7-3-16(22)20-5-6-21-15(19)1-2-17(21)23/h1-2,19H,3-14,18H2,(H,20,22). The van der Waals surface area contributed by atoms with Crippen molar-refractivity contribution in [3.8, 4) is 0 Å². The van der Waals surface area contributed by atoms with Gasteiger partial charge in [-0.05, 0) is 6.08 Å². The van der Waals surface area contributed by atoms with Crippen LogP contribution in [0.3, 0.4) is 0 Å². The van der Waals surface area contributed by atoms with E-state index in [1.54, 1.807) is 0 Å². The lowest BCUT2D eigenvalue weighted by molar-refractivity contribution is -0.124. The second-order valence-corrected chi connectivity index (χ2v) is 5.55. The highest BCUT2D eigenvalue weighted by atomic mass is 16.6. The number of nitrogens with zero attached hydrogens (tertiary/aromatic N) is 1. The number of carbonyl (C=O) groups excluding carboxylic acids is 2. The third kappa shape index (κ3) is 11.5. The van der Waals surface area contributed by atoms with Crippen molar-refractivity contribution in [3.05, 3.63) is 12.2 Å². The highest BCUT2D eigenvalue weighted by Crippen LogP contribution is 2.02. The van der Waals surface area contributed by atoms with Crippen molar-refractivity contribution < 1.29 is 28.5 Å². The van der Waals surface area contributed by atoms with Crippen molar-refractivity contribution >= 4 is 17.6 Å². The molecule has 27 heavy (non-hydrogen) atoms. The molecule has 1 aliphatic heterocycles. The monoisotopic (exact) mass is 386 g/mol. The first-order chi connectivity index (χ1) is 13.1. The summed E-state index contributed by atoms with van der Waals surface area (Å²) < 4.78 is 21.1. The quantitative estimate of drug-likeness (QED) is 0.270. The summed E-state index contributed by atoms with van der Waals surface area (Å²) in [5, 5.41) is 10.2. The molecule has 0 aliphatic carbocycles. The Morgan fingerprint density at radius 1 is 0.963 bits per heavy atom.